The van der Waals surface area contributed by atoms with Crippen LogP contribution in [0.25, 0.3) is 0 Å². The summed E-state index contributed by atoms with van der Waals surface area (Å²) in [5.41, 5.74) is 2.61. The maximum absolute atomic E-state index is 12.3. The van der Waals surface area contributed by atoms with Gasteiger partial charge in [0, 0.05) is 13.2 Å². The largest absolute Gasteiger partial charge is 0.449 e. The Balaban J connectivity index is 1.79. The summed E-state index contributed by atoms with van der Waals surface area (Å²) in [6.07, 6.45) is 0.845. The Hall–Kier alpha value is -2.66. The first-order chi connectivity index (χ1) is 13.0. The Bertz CT molecular complexity index is 728. The molecule has 2 atom stereocenters. The van der Waals surface area contributed by atoms with Crippen LogP contribution in [0.5, 0.6) is 0 Å². The van der Waals surface area contributed by atoms with Gasteiger partial charge in [-0.25, -0.2) is 4.79 Å². The highest BCUT2D eigenvalue weighted by Gasteiger charge is 2.20. The minimum absolute atomic E-state index is 0.00724. The van der Waals surface area contributed by atoms with Crippen molar-refractivity contribution in [1.29, 1.82) is 0 Å². The third-order valence-electron chi connectivity index (χ3n) is 4.25. The zero-order chi connectivity index (χ0) is 19.6. The van der Waals surface area contributed by atoms with Crippen LogP contribution in [0.1, 0.15) is 41.8 Å². The summed E-state index contributed by atoms with van der Waals surface area (Å²) < 4.78 is 10.3. The summed E-state index contributed by atoms with van der Waals surface area (Å²) in [6.45, 7) is 4.01. The fourth-order valence-electron chi connectivity index (χ4n) is 2.65. The molecule has 1 N–H and O–H groups in total. The molecule has 0 aliphatic rings. The molecule has 0 fully saturated rings. The van der Waals surface area contributed by atoms with Gasteiger partial charge in [0.05, 0.1) is 12.2 Å². The minimum atomic E-state index is -0.852. The van der Waals surface area contributed by atoms with Gasteiger partial charge in [-0.05, 0) is 49.9 Å². The lowest BCUT2D eigenvalue weighted by Gasteiger charge is -2.18. The van der Waals surface area contributed by atoms with Crippen molar-refractivity contribution >= 4 is 11.9 Å². The van der Waals surface area contributed by atoms with Gasteiger partial charge >= 0.3 is 5.97 Å². The highest BCUT2D eigenvalue weighted by molar-refractivity contribution is 5.92. The smallest absolute Gasteiger partial charge is 0.338 e. The van der Waals surface area contributed by atoms with E-state index >= 15 is 0 Å². The van der Waals surface area contributed by atoms with E-state index in [0.29, 0.717) is 12.2 Å². The van der Waals surface area contributed by atoms with E-state index in [2.05, 4.69) is 17.4 Å². The van der Waals surface area contributed by atoms with Crippen molar-refractivity contribution in [3.63, 3.8) is 0 Å². The van der Waals surface area contributed by atoms with Gasteiger partial charge in [0.2, 0.25) is 0 Å². The standard InChI is InChI=1S/C22H27NO4/c1-16(9-10-18-7-5-4-6-8-18)23-21(24)17(2)27-22(25)20-13-11-19(12-14-20)15-26-3/h4-8,11-14,16-17H,9-10,15H2,1-3H3,(H,23,24)/t16-,17+/m1/s1. The molecule has 5 nitrogen and oxygen atoms in total. The van der Waals surface area contributed by atoms with E-state index in [4.69, 9.17) is 9.47 Å². The molecule has 0 aliphatic heterocycles. The fraction of sp³-hybridized carbons (Fsp3) is 0.364. The van der Waals surface area contributed by atoms with Crippen LogP contribution < -0.4 is 5.32 Å². The molecule has 2 rings (SSSR count). The molecule has 0 spiro atoms. The number of amides is 1. The number of carbonyl (C=O) groups is 2. The summed E-state index contributed by atoms with van der Waals surface area (Å²) in [6, 6.07) is 17.1. The highest BCUT2D eigenvalue weighted by Crippen LogP contribution is 2.09. The van der Waals surface area contributed by atoms with Gasteiger partial charge in [-0.2, -0.15) is 0 Å². The van der Waals surface area contributed by atoms with Gasteiger partial charge in [-0.3, -0.25) is 4.79 Å². The average Bonchev–Trinajstić information content (AvgIpc) is 2.68. The summed E-state index contributed by atoms with van der Waals surface area (Å²) in [7, 11) is 1.61. The lowest BCUT2D eigenvalue weighted by atomic mass is 10.1. The number of nitrogens with one attached hydrogen (secondary N) is 1. The predicted octanol–water partition coefficient (Wildman–Crippen LogP) is 3.52. The number of carbonyl (C=O) groups excluding carboxylic acids is 2. The number of hydrogen-bond acceptors (Lipinski definition) is 4. The second-order valence-electron chi connectivity index (χ2n) is 6.61. The summed E-state index contributed by atoms with van der Waals surface area (Å²) >= 11 is 0. The molecule has 0 saturated carbocycles. The van der Waals surface area contributed by atoms with Crippen molar-refractivity contribution in [3.05, 3.63) is 71.3 Å². The normalized spacial score (nSPS) is 12.9. The second-order valence-corrected chi connectivity index (χ2v) is 6.61. The number of benzene rings is 2. The number of rotatable bonds is 9. The molecule has 1 amide bonds. The zero-order valence-electron chi connectivity index (χ0n) is 16.1. The van der Waals surface area contributed by atoms with E-state index in [9.17, 15) is 9.59 Å². The molecule has 27 heavy (non-hydrogen) atoms. The van der Waals surface area contributed by atoms with Crippen LogP contribution in [-0.2, 0) is 27.3 Å². The number of ether oxygens (including phenoxy) is 2. The Kier molecular flexibility index (Phi) is 8.01. The molecular formula is C22H27NO4. The minimum Gasteiger partial charge on any atom is -0.449 e. The molecule has 0 saturated heterocycles. The first-order valence-electron chi connectivity index (χ1n) is 9.12. The predicted molar refractivity (Wildman–Crippen MR) is 104 cm³/mol. The van der Waals surface area contributed by atoms with E-state index < -0.39 is 12.1 Å². The van der Waals surface area contributed by atoms with Crippen molar-refractivity contribution in [2.45, 2.75) is 45.4 Å². The molecule has 2 aromatic carbocycles. The molecule has 144 valence electrons. The maximum atomic E-state index is 12.3. The summed E-state index contributed by atoms with van der Waals surface area (Å²) in [4.78, 5) is 24.5. The van der Waals surface area contributed by atoms with Crippen molar-refractivity contribution < 1.29 is 19.1 Å². The number of hydrogen-bond donors (Lipinski definition) is 1. The van der Waals surface area contributed by atoms with Crippen LogP contribution >= 0.6 is 0 Å². The molecule has 0 heterocycles. The van der Waals surface area contributed by atoms with Gasteiger partial charge in [0.15, 0.2) is 6.10 Å². The lowest BCUT2D eigenvalue weighted by molar-refractivity contribution is -0.129. The number of aryl methyl sites for hydroxylation is 1. The lowest BCUT2D eigenvalue weighted by Crippen LogP contribution is -2.41. The Labute approximate surface area is 160 Å². The molecular weight excluding hydrogens is 342 g/mol. The van der Waals surface area contributed by atoms with Crippen molar-refractivity contribution in [3.8, 4) is 0 Å². The van der Waals surface area contributed by atoms with E-state index in [1.807, 2.05) is 25.1 Å². The van der Waals surface area contributed by atoms with E-state index in [-0.39, 0.29) is 11.9 Å². The van der Waals surface area contributed by atoms with Crippen molar-refractivity contribution in [2.24, 2.45) is 0 Å². The zero-order valence-corrected chi connectivity index (χ0v) is 16.1. The van der Waals surface area contributed by atoms with Gasteiger partial charge < -0.3 is 14.8 Å². The summed E-state index contributed by atoms with van der Waals surface area (Å²) in [5, 5.41) is 2.90. The van der Waals surface area contributed by atoms with Crippen LogP contribution in [0.15, 0.2) is 54.6 Å². The average molecular weight is 369 g/mol. The highest BCUT2D eigenvalue weighted by atomic mass is 16.5. The van der Waals surface area contributed by atoms with Crippen LogP contribution in [0.3, 0.4) is 0 Å². The van der Waals surface area contributed by atoms with Gasteiger partial charge in [-0.15, -0.1) is 0 Å². The molecule has 0 aliphatic carbocycles. The quantitative estimate of drug-likeness (QED) is 0.687. The van der Waals surface area contributed by atoms with Gasteiger partial charge in [0.1, 0.15) is 0 Å². The third-order valence-corrected chi connectivity index (χ3v) is 4.25. The molecule has 0 bridgehead atoms. The monoisotopic (exact) mass is 369 g/mol. The van der Waals surface area contributed by atoms with E-state index in [1.54, 1.807) is 38.3 Å². The summed E-state index contributed by atoms with van der Waals surface area (Å²) in [5.74, 6) is -0.807. The van der Waals surface area contributed by atoms with Crippen LogP contribution in [0.4, 0.5) is 0 Å². The van der Waals surface area contributed by atoms with E-state index in [0.717, 1.165) is 18.4 Å². The first kappa shape index (κ1) is 20.6. The fourth-order valence-corrected chi connectivity index (χ4v) is 2.65. The topological polar surface area (TPSA) is 64.6 Å². The first-order valence-corrected chi connectivity index (χ1v) is 9.12. The Morgan fingerprint density at radius 3 is 2.26 bits per heavy atom. The molecule has 0 radical (unpaired) electrons. The molecule has 5 heteroatoms. The molecule has 0 unspecified atom stereocenters. The maximum Gasteiger partial charge on any atom is 0.338 e. The Morgan fingerprint density at radius 1 is 0.963 bits per heavy atom. The second kappa shape index (κ2) is 10.5. The van der Waals surface area contributed by atoms with E-state index in [1.165, 1.54) is 5.56 Å². The van der Waals surface area contributed by atoms with Crippen LogP contribution in [0.2, 0.25) is 0 Å². The van der Waals surface area contributed by atoms with Crippen molar-refractivity contribution in [2.75, 3.05) is 7.11 Å². The molecule has 2 aromatic rings. The number of esters is 1. The molecule has 0 aromatic heterocycles. The third kappa shape index (κ3) is 6.87. The SMILES string of the molecule is COCc1ccc(C(=O)O[C@@H](C)C(=O)N[C@H](C)CCc2ccccc2)cc1. The number of methoxy groups -OCH3 is 1. The van der Waals surface area contributed by atoms with Crippen molar-refractivity contribution in [1.82, 2.24) is 5.32 Å². The van der Waals surface area contributed by atoms with Crippen LogP contribution in [-0.4, -0.2) is 31.1 Å². The van der Waals surface area contributed by atoms with Gasteiger partial charge in [-0.1, -0.05) is 42.5 Å². The Morgan fingerprint density at radius 2 is 1.63 bits per heavy atom. The van der Waals surface area contributed by atoms with Crippen LogP contribution in [0, 0.1) is 0 Å². The van der Waals surface area contributed by atoms with Gasteiger partial charge in [0.25, 0.3) is 5.91 Å².